The van der Waals surface area contributed by atoms with E-state index in [0.29, 0.717) is 29.1 Å². The van der Waals surface area contributed by atoms with E-state index in [9.17, 15) is 14.7 Å². The lowest BCUT2D eigenvalue weighted by Gasteiger charge is -2.36. The Morgan fingerprint density at radius 3 is 2.63 bits per heavy atom. The summed E-state index contributed by atoms with van der Waals surface area (Å²) in [4.78, 5) is 28.9. The minimum Gasteiger partial charge on any atom is -0.503 e. The van der Waals surface area contributed by atoms with Gasteiger partial charge in [-0.05, 0) is 49.6 Å². The number of carbonyl (C=O) groups is 2. The van der Waals surface area contributed by atoms with Crippen molar-refractivity contribution in [3.8, 4) is 11.5 Å². The number of ether oxygens (including phenoxy) is 2. The number of para-hydroxylation sites is 1. The van der Waals surface area contributed by atoms with Crippen molar-refractivity contribution in [1.29, 1.82) is 0 Å². The lowest BCUT2D eigenvalue weighted by Crippen LogP contribution is -2.41. The van der Waals surface area contributed by atoms with Crippen LogP contribution in [0.25, 0.3) is 11.0 Å². The van der Waals surface area contributed by atoms with Crippen LogP contribution in [0.4, 0.5) is 0 Å². The maximum atomic E-state index is 13.8. The van der Waals surface area contributed by atoms with E-state index in [2.05, 4.69) is 0 Å². The Labute approximate surface area is 203 Å². The quantitative estimate of drug-likeness (QED) is 0.438. The van der Waals surface area contributed by atoms with Gasteiger partial charge in [0.1, 0.15) is 5.75 Å². The maximum Gasteiger partial charge on any atom is 0.290 e. The highest BCUT2D eigenvalue weighted by Crippen LogP contribution is 2.44. The van der Waals surface area contributed by atoms with Crippen molar-refractivity contribution in [3.05, 3.63) is 71.2 Å². The minimum absolute atomic E-state index is 0.0345. The van der Waals surface area contributed by atoms with Crippen LogP contribution in [0, 0.1) is 0 Å². The summed E-state index contributed by atoms with van der Waals surface area (Å²) >= 11 is 0. The number of nitrogens with zero attached hydrogens (tertiary/aromatic N) is 1. The van der Waals surface area contributed by atoms with Gasteiger partial charge in [0.05, 0.1) is 25.3 Å². The topological polar surface area (TPSA) is 89.2 Å². The smallest absolute Gasteiger partial charge is 0.290 e. The SMILES string of the molecule is CCOc1cccc(C2C(C(=O)c3cc4cccc(OC)c4o3)=C(O)C(=O)N2C2CCCCC2)c1. The number of benzene rings is 2. The summed E-state index contributed by atoms with van der Waals surface area (Å²) in [5.41, 5.74) is 1.20. The van der Waals surface area contributed by atoms with E-state index in [1.54, 1.807) is 17.0 Å². The van der Waals surface area contributed by atoms with Gasteiger partial charge in [-0.25, -0.2) is 0 Å². The van der Waals surface area contributed by atoms with Crippen molar-refractivity contribution in [1.82, 2.24) is 4.90 Å². The van der Waals surface area contributed by atoms with Crippen LogP contribution < -0.4 is 9.47 Å². The van der Waals surface area contributed by atoms with Gasteiger partial charge in [-0.1, -0.05) is 43.5 Å². The molecule has 0 bridgehead atoms. The van der Waals surface area contributed by atoms with Gasteiger partial charge in [0.25, 0.3) is 5.91 Å². The number of aliphatic hydroxyl groups is 1. The van der Waals surface area contributed by atoms with Crippen molar-refractivity contribution >= 4 is 22.7 Å². The zero-order valence-corrected chi connectivity index (χ0v) is 20.0. The Bertz CT molecular complexity index is 1300. The largest absolute Gasteiger partial charge is 0.503 e. The molecule has 0 saturated heterocycles. The zero-order chi connectivity index (χ0) is 24.5. The zero-order valence-electron chi connectivity index (χ0n) is 20.0. The Balaban J connectivity index is 1.61. The van der Waals surface area contributed by atoms with Gasteiger partial charge in [-0.3, -0.25) is 9.59 Å². The number of hydrogen-bond donors (Lipinski definition) is 1. The Hall–Kier alpha value is -3.74. The van der Waals surface area contributed by atoms with Crippen LogP contribution >= 0.6 is 0 Å². The monoisotopic (exact) mass is 475 g/mol. The summed E-state index contributed by atoms with van der Waals surface area (Å²) in [5, 5.41) is 11.7. The van der Waals surface area contributed by atoms with Crippen molar-refractivity contribution in [2.24, 2.45) is 0 Å². The van der Waals surface area contributed by atoms with Crippen molar-refractivity contribution in [2.75, 3.05) is 13.7 Å². The molecule has 1 aliphatic heterocycles. The lowest BCUT2D eigenvalue weighted by atomic mass is 9.90. The normalized spacial score (nSPS) is 19.0. The van der Waals surface area contributed by atoms with Crippen molar-refractivity contribution in [2.45, 2.75) is 51.1 Å². The first kappa shape index (κ1) is 23.0. The fourth-order valence-electron chi connectivity index (χ4n) is 5.30. The Morgan fingerprint density at radius 1 is 1.11 bits per heavy atom. The fraction of sp³-hybridized carbons (Fsp3) is 0.357. The molecule has 1 aromatic heterocycles. The molecule has 5 rings (SSSR count). The van der Waals surface area contributed by atoms with E-state index in [0.717, 1.165) is 37.7 Å². The van der Waals surface area contributed by atoms with Crippen LogP contribution in [0.5, 0.6) is 11.5 Å². The van der Waals surface area contributed by atoms with E-state index in [4.69, 9.17) is 13.9 Å². The molecule has 1 atom stereocenters. The van der Waals surface area contributed by atoms with Crippen molar-refractivity contribution in [3.63, 3.8) is 0 Å². The first-order valence-corrected chi connectivity index (χ1v) is 12.1. The molecule has 7 nitrogen and oxygen atoms in total. The summed E-state index contributed by atoms with van der Waals surface area (Å²) in [7, 11) is 1.53. The van der Waals surface area contributed by atoms with Gasteiger partial charge in [-0.15, -0.1) is 0 Å². The molecule has 0 spiro atoms. The molecular weight excluding hydrogens is 446 g/mol. The molecular formula is C28H29NO6. The number of furan rings is 1. The van der Waals surface area contributed by atoms with Crippen LogP contribution in [-0.2, 0) is 4.79 Å². The second kappa shape index (κ2) is 9.49. The average molecular weight is 476 g/mol. The molecule has 3 aromatic rings. The third kappa shape index (κ3) is 4.05. The van der Waals surface area contributed by atoms with Gasteiger partial charge in [0.15, 0.2) is 22.9 Å². The number of Topliss-reactive ketones (excluding diaryl/α,β-unsaturated/α-hetero) is 1. The van der Waals surface area contributed by atoms with Gasteiger partial charge in [0.2, 0.25) is 5.78 Å². The molecule has 2 aromatic carbocycles. The van der Waals surface area contributed by atoms with Crippen molar-refractivity contribution < 1.29 is 28.6 Å². The number of carbonyl (C=O) groups excluding carboxylic acids is 2. The molecule has 2 heterocycles. The fourth-order valence-corrected chi connectivity index (χ4v) is 5.30. The molecule has 1 unspecified atom stereocenters. The molecule has 1 N–H and O–H groups in total. The highest BCUT2D eigenvalue weighted by atomic mass is 16.5. The average Bonchev–Trinajstić information content (AvgIpc) is 3.44. The molecule has 0 radical (unpaired) electrons. The van der Waals surface area contributed by atoms with E-state index >= 15 is 0 Å². The number of fused-ring (bicyclic) bond motifs is 1. The maximum absolute atomic E-state index is 13.8. The second-order valence-electron chi connectivity index (χ2n) is 8.99. The van der Waals surface area contributed by atoms with Crippen LogP contribution in [0.1, 0.15) is 61.2 Å². The number of methoxy groups -OCH3 is 1. The second-order valence-corrected chi connectivity index (χ2v) is 8.99. The number of ketones is 1. The molecule has 1 aliphatic carbocycles. The van der Waals surface area contributed by atoms with Gasteiger partial charge < -0.3 is 23.9 Å². The molecule has 1 saturated carbocycles. The Morgan fingerprint density at radius 2 is 1.89 bits per heavy atom. The molecule has 1 amide bonds. The van der Waals surface area contributed by atoms with E-state index in [1.807, 2.05) is 43.3 Å². The molecule has 2 aliphatic rings. The first-order chi connectivity index (χ1) is 17.0. The molecule has 35 heavy (non-hydrogen) atoms. The molecule has 182 valence electrons. The van der Waals surface area contributed by atoms with E-state index < -0.39 is 23.5 Å². The molecule has 7 heteroatoms. The molecule has 1 fully saturated rings. The minimum atomic E-state index is -0.728. The van der Waals surface area contributed by atoms with Crippen LogP contribution in [-0.4, -0.2) is 41.5 Å². The lowest BCUT2D eigenvalue weighted by molar-refractivity contribution is -0.132. The summed E-state index contributed by atoms with van der Waals surface area (Å²) in [6.45, 7) is 2.39. The van der Waals surface area contributed by atoms with E-state index in [1.165, 1.54) is 7.11 Å². The predicted octanol–water partition coefficient (Wildman–Crippen LogP) is 5.75. The third-order valence-corrected chi connectivity index (χ3v) is 6.89. The summed E-state index contributed by atoms with van der Waals surface area (Å²) in [6.07, 6.45) is 4.81. The number of aliphatic hydroxyl groups excluding tert-OH is 1. The summed E-state index contributed by atoms with van der Waals surface area (Å²) < 4.78 is 17.0. The van der Waals surface area contributed by atoms with Gasteiger partial charge in [-0.2, -0.15) is 0 Å². The van der Waals surface area contributed by atoms with Crippen LogP contribution in [0.3, 0.4) is 0 Å². The number of rotatable bonds is 7. The third-order valence-electron chi connectivity index (χ3n) is 6.89. The highest BCUT2D eigenvalue weighted by molar-refractivity contribution is 6.16. The van der Waals surface area contributed by atoms with Crippen LogP contribution in [0.15, 0.2) is 64.3 Å². The standard InChI is InChI=1S/C28H29NO6/c1-3-34-20-13-7-9-17(15-20)24-23(26(31)28(32)29(24)19-11-5-4-6-12-19)25(30)22-16-18-10-8-14-21(33-2)27(18)35-22/h7-10,13-16,19,24,31H,3-6,11-12H2,1-2H3. The van der Waals surface area contributed by atoms with Gasteiger partial charge >= 0.3 is 0 Å². The van der Waals surface area contributed by atoms with E-state index in [-0.39, 0.29) is 17.4 Å². The van der Waals surface area contributed by atoms with Gasteiger partial charge in [0, 0.05) is 11.4 Å². The summed E-state index contributed by atoms with van der Waals surface area (Å²) in [6, 6.07) is 13.6. The van der Waals surface area contributed by atoms with Crippen LogP contribution in [0.2, 0.25) is 0 Å². The highest BCUT2D eigenvalue weighted by Gasteiger charge is 2.47. The summed E-state index contributed by atoms with van der Waals surface area (Å²) in [5.74, 6) is -0.338. The number of amides is 1. The number of hydrogen-bond acceptors (Lipinski definition) is 6. The first-order valence-electron chi connectivity index (χ1n) is 12.1. The predicted molar refractivity (Wildman–Crippen MR) is 131 cm³/mol. The Kier molecular flexibility index (Phi) is 6.24.